The van der Waals surface area contributed by atoms with E-state index in [9.17, 15) is 29.4 Å². The molecule has 2 aromatic carbocycles. The lowest BCUT2D eigenvalue weighted by Gasteiger charge is -2.35. The summed E-state index contributed by atoms with van der Waals surface area (Å²) < 4.78 is 0. The van der Waals surface area contributed by atoms with E-state index >= 15 is 0 Å². The Morgan fingerprint density at radius 3 is 1.43 bits per heavy atom. The van der Waals surface area contributed by atoms with E-state index in [0.29, 0.717) is 5.69 Å². The first-order valence-corrected chi connectivity index (χ1v) is 19.6. The molecule has 0 spiro atoms. The molecule has 4 rings (SSSR count). The van der Waals surface area contributed by atoms with Gasteiger partial charge in [0, 0.05) is 39.2 Å². The second-order valence-corrected chi connectivity index (χ2v) is 15.3. The summed E-state index contributed by atoms with van der Waals surface area (Å²) in [6.07, 6.45) is 2.02. The molecule has 0 saturated carbocycles. The molecule has 0 aliphatic heterocycles. The number of amides is 6. The number of carbonyl (C=O) groups excluding carboxylic acids is 4. The quantitative estimate of drug-likeness (QED) is 0.0829. The van der Waals surface area contributed by atoms with Crippen molar-refractivity contribution in [3.8, 4) is 0 Å². The smallest absolute Gasteiger partial charge is 0.318 e. The van der Waals surface area contributed by atoms with E-state index in [4.69, 9.17) is 0 Å². The normalized spacial score (nSPS) is 14.3. The van der Waals surface area contributed by atoms with Gasteiger partial charge in [0.05, 0.1) is 24.3 Å². The third kappa shape index (κ3) is 13.7. The molecule has 0 unspecified atom stereocenters. The summed E-state index contributed by atoms with van der Waals surface area (Å²) in [5, 5.41) is 35.5. The molecule has 14 heteroatoms. The molecular formula is C44H58N8O6. The molecule has 0 radical (unpaired) electrons. The number of aliphatic hydroxyl groups excluding tert-OH is 2. The number of hydrogen-bond donors (Lipinski definition) is 6. The summed E-state index contributed by atoms with van der Waals surface area (Å²) in [6.45, 7) is 7.69. The summed E-state index contributed by atoms with van der Waals surface area (Å²) in [5.41, 5.74) is 3.05. The molecule has 310 valence electrons. The van der Waals surface area contributed by atoms with Crippen molar-refractivity contribution >= 4 is 23.9 Å². The first kappa shape index (κ1) is 44.8. The highest BCUT2D eigenvalue weighted by Crippen LogP contribution is 2.17. The third-order valence-electron chi connectivity index (χ3n) is 9.84. The van der Waals surface area contributed by atoms with Crippen molar-refractivity contribution in [2.24, 2.45) is 11.8 Å². The Balaban J connectivity index is 1.56. The van der Waals surface area contributed by atoms with Crippen LogP contribution in [0.25, 0.3) is 0 Å². The number of urea groups is 2. The average Bonchev–Trinajstić information content (AvgIpc) is 3.21. The number of carbonyl (C=O) groups is 4. The minimum atomic E-state index is -1.59. The van der Waals surface area contributed by atoms with Crippen LogP contribution in [0.4, 0.5) is 9.59 Å². The highest BCUT2D eigenvalue weighted by Gasteiger charge is 2.38. The first-order chi connectivity index (χ1) is 27.7. The molecule has 6 atom stereocenters. The number of benzene rings is 2. The first-order valence-electron chi connectivity index (χ1n) is 19.6. The van der Waals surface area contributed by atoms with Crippen LogP contribution in [-0.4, -0.2) is 104 Å². The molecule has 14 nitrogen and oxygen atoms in total. The van der Waals surface area contributed by atoms with E-state index in [-0.39, 0.29) is 37.8 Å². The Labute approximate surface area is 341 Å². The van der Waals surface area contributed by atoms with Gasteiger partial charge in [-0.3, -0.25) is 19.6 Å². The van der Waals surface area contributed by atoms with Crippen LogP contribution in [0, 0.1) is 11.8 Å². The number of aliphatic hydroxyl groups is 2. The van der Waals surface area contributed by atoms with Crippen LogP contribution in [0.2, 0.25) is 0 Å². The summed E-state index contributed by atoms with van der Waals surface area (Å²) >= 11 is 0. The van der Waals surface area contributed by atoms with Gasteiger partial charge in [0.15, 0.2) is 0 Å². The zero-order chi connectivity index (χ0) is 42.2. The Bertz CT molecular complexity index is 1730. The topological polar surface area (TPSA) is 189 Å². The van der Waals surface area contributed by atoms with Crippen molar-refractivity contribution in [2.75, 3.05) is 14.1 Å². The van der Waals surface area contributed by atoms with E-state index in [1.807, 2.05) is 72.8 Å². The lowest BCUT2D eigenvalue weighted by Crippen LogP contribution is -2.62. The van der Waals surface area contributed by atoms with Crippen LogP contribution >= 0.6 is 0 Å². The lowest BCUT2D eigenvalue weighted by molar-refractivity contribution is -0.129. The molecule has 2 heterocycles. The highest BCUT2D eigenvalue weighted by atomic mass is 16.3. The van der Waals surface area contributed by atoms with Crippen molar-refractivity contribution in [1.82, 2.24) is 41.0 Å². The summed E-state index contributed by atoms with van der Waals surface area (Å²) in [5.74, 6) is -1.79. The summed E-state index contributed by atoms with van der Waals surface area (Å²) in [4.78, 5) is 65.9. The number of hydrogen-bond acceptors (Lipinski definition) is 8. The van der Waals surface area contributed by atoms with Crippen LogP contribution < -0.4 is 21.3 Å². The second kappa shape index (κ2) is 22.2. The maximum atomic E-state index is 14.0. The zero-order valence-electron chi connectivity index (χ0n) is 34.2. The fourth-order valence-electron chi connectivity index (χ4n) is 6.47. The van der Waals surface area contributed by atoms with Gasteiger partial charge in [-0.2, -0.15) is 0 Å². The summed E-state index contributed by atoms with van der Waals surface area (Å²) in [7, 11) is 3.22. The zero-order valence-corrected chi connectivity index (χ0v) is 34.2. The van der Waals surface area contributed by atoms with E-state index in [1.165, 1.54) is 9.80 Å². The average molecular weight is 795 g/mol. The van der Waals surface area contributed by atoms with Crippen LogP contribution in [0.3, 0.4) is 0 Å². The maximum absolute atomic E-state index is 14.0. The molecule has 6 N–H and O–H groups in total. The molecule has 0 saturated heterocycles. The van der Waals surface area contributed by atoms with E-state index in [1.54, 1.807) is 78.6 Å². The molecule has 6 amide bonds. The summed E-state index contributed by atoms with van der Waals surface area (Å²) in [6, 6.07) is 22.4. The van der Waals surface area contributed by atoms with Gasteiger partial charge in [0.2, 0.25) is 11.8 Å². The predicted molar refractivity (Wildman–Crippen MR) is 222 cm³/mol. The Kier molecular flexibility index (Phi) is 17.1. The molecule has 0 aliphatic carbocycles. The van der Waals surface area contributed by atoms with Crippen molar-refractivity contribution in [2.45, 2.75) is 90.0 Å². The van der Waals surface area contributed by atoms with Gasteiger partial charge in [-0.15, -0.1) is 0 Å². The Hall–Kier alpha value is -5.86. The number of rotatable bonds is 19. The number of pyridine rings is 2. The molecule has 0 bridgehead atoms. The van der Waals surface area contributed by atoms with Crippen molar-refractivity contribution in [1.29, 1.82) is 0 Å². The van der Waals surface area contributed by atoms with E-state index < -0.39 is 60.3 Å². The van der Waals surface area contributed by atoms with Gasteiger partial charge in [0.1, 0.15) is 24.3 Å². The SMILES string of the molecule is CC(C)[C@H](NC(=O)N(C)Cc1cccnc1)C(=O)N[C@@H](Cc1ccccc1)[C@H](O)[C@@H](O)[C@H](Cc1ccccc1)NC(=O)[C@@H](NC(=O)N(C)Cc1ccccn1)C(C)C. The highest BCUT2D eigenvalue weighted by molar-refractivity contribution is 5.88. The van der Waals surface area contributed by atoms with Crippen LogP contribution in [0.15, 0.2) is 110 Å². The molecule has 0 aliphatic rings. The second-order valence-electron chi connectivity index (χ2n) is 15.3. The Morgan fingerprint density at radius 1 is 0.569 bits per heavy atom. The number of nitrogens with zero attached hydrogens (tertiary/aromatic N) is 4. The van der Waals surface area contributed by atoms with Crippen LogP contribution in [-0.2, 0) is 35.5 Å². The predicted octanol–water partition coefficient (Wildman–Crippen LogP) is 3.69. The fourth-order valence-corrected chi connectivity index (χ4v) is 6.47. The van der Waals surface area contributed by atoms with Gasteiger partial charge in [-0.25, -0.2) is 9.59 Å². The third-order valence-corrected chi connectivity index (χ3v) is 9.84. The molecule has 4 aromatic rings. The Morgan fingerprint density at radius 2 is 1.02 bits per heavy atom. The van der Waals surface area contributed by atoms with Gasteiger partial charge in [0.25, 0.3) is 0 Å². The van der Waals surface area contributed by atoms with Gasteiger partial charge >= 0.3 is 12.1 Å². The molecular weight excluding hydrogens is 737 g/mol. The van der Waals surface area contributed by atoms with Gasteiger partial charge in [-0.1, -0.05) is 100 Å². The van der Waals surface area contributed by atoms with Gasteiger partial charge < -0.3 is 41.3 Å². The largest absolute Gasteiger partial charge is 0.388 e. The van der Waals surface area contributed by atoms with Gasteiger partial charge in [-0.05, 0) is 59.6 Å². The number of aromatic nitrogens is 2. The minimum absolute atomic E-state index is 0.128. The molecule has 58 heavy (non-hydrogen) atoms. The van der Waals surface area contributed by atoms with E-state index in [2.05, 4.69) is 31.2 Å². The van der Waals surface area contributed by atoms with Crippen molar-refractivity contribution in [3.05, 3.63) is 132 Å². The van der Waals surface area contributed by atoms with Crippen molar-refractivity contribution < 1.29 is 29.4 Å². The molecule has 2 aromatic heterocycles. The maximum Gasteiger partial charge on any atom is 0.318 e. The lowest BCUT2D eigenvalue weighted by atomic mass is 9.90. The van der Waals surface area contributed by atoms with E-state index in [0.717, 1.165) is 16.7 Å². The minimum Gasteiger partial charge on any atom is -0.388 e. The monoisotopic (exact) mass is 794 g/mol. The van der Waals surface area contributed by atoms with Crippen molar-refractivity contribution in [3.63, 3.8) is 0 Å². The van der Waals surface area contributed by atoms with Crippen LogP contribution in [0.1, 0.15) is 50.1 Å². The molecule has 0 fully saturated rings. The standard InChI is InChI=1S/C44H58N8O6/c1-29(2)37(49-43(57)51(5)27-33-20-15-22-45-26-33)41(55)47-35(24-31-16-9-7-10-17-31)39(53)40(54)36(25-32-18-11-8-12-19-32)48-42(56)38(30(3)4)50-44(58)52(6)28-34-21-13-14-23-46-34/h7-23,26,29-30,35-40,53-54H,24-25,27-28H2,1-6H3,(H,47,55)(H,48,56)(H,49,57)(H,50,58)/t35-,36-,37-,38-,39-,40-/m0/s1. The van der Waals surface area contributed by atoms with Crippen LogP contribution in [0.5, 0.6) is 0 Å². The fraction of sp³-hybridized carbons (Fsp3) is 0.409. The number of nitrogens with one attached hydrogen (secondary N) is 4.